The molecule has 1 heterocycles. The first-order valence-electron chi connectivity index (χ1n) is 7.26. The molecule has 0 amide bonds. The summed E-state index contributed by atoms with van der Waals surface area (Å²) in [6, 6.07) is 11.7. The molecule has 1 aromatic heterocycles. The number of carbonyl (C=O) groups is 1. The maximum atomic E-state index is 11.2. The lowest BCUT2D eigenvalue weighted by Gasteiger charge is -2.11. The van der Waals surface area contributed by atoms with Crippen molar-refractivity contribution in [3.63, 3.8) is 0 Å². The average Bonchev–Trinajstić information content (AvgIpc) is 2.97. The van der Waals surface area contributed by atoms with Crippen LogP contribution in [0.4, 0.5) is 0 Å². The molecule has 0 spiro atoms. The highest BCUT2D eigenvalue weighted by Gasteiger charge is 2.21. The van der Waals surface area contributed by atoms with E-state index >= 15 is 0 Å². The molecule has 3 nitrogen and oxygen atoms in total. The van der Waals surface area contributed by atoms with Crippen LogP contribution in [0.3, 0.4) is 0 Å². The summed E-state index contributed by atoms with van der Waals surface area (Å²) < 4.78 is 0. The van der Waals surface area contributed by atoms with Crippen molar-refractivity contribution < 1.29 is 9.90 Å². The fourth-order valence-electron chi connectivity index (χ4n) is 3.00. The van der Waals surface area contributed by atoms with E-state index in [-0.39, 0.29) is 10.7 Å². The number of nitrogens with zero attached hydrogens (tertiary/aromatic N) is 1. The number of aromatic carboxylic acids is 1. The van der Waals surface area contributed by atoms with Crippen molar-refractivity contribution in [2.45, 2.75) is 26.2 Å². The molecular weight excluding hydrogens is 298 g/mol. The highest BCUT2D eigenvalue weighted by atomic mass is 35.5. The lowest BCUT2D eigenvalue weighted by Crippen LogP contribution is -2.04. The highest BCUT2D eigenvalue weighted by molar-refractivity contribution is 6.33. The molecule has 22 heavy (non-hydrogen) atoms. The predicted molar refractivity (Wildman–Crippen MR) is 88.1 cm³/mol. The number of carboxylic acids is 1. The Balaban J connectivity index is 2.14. The van der Waals surface area contributed by atoms with Gasteiger partial charge in [0.25, 0.3) is 0 Å². The number of halogens is 1. The highest BCUT2D eigenvalue weighted by Crippen LogP contribution is 2.40. The summed E-state index contributed by atoms with van der Waals surface area (Å²) >= 11 is 5.92. The van der Waals surface area contributed by atoms with Crippen molar-refractivity contribution in [1.29, 1.82) is 0 Å². The summed E-state index contributed by atoms with van der Waals surface area (Å²) in [7, 11) is 0. The van der Waals surface area contributed by atoms with Gasteiger partial charge < -0.3 is 5.11 Å². The van der Waals surface area contributed by atoms with Crippen LogP contribution >= 0.6 is 11.6 Å². The zero-order valence-corrected chi connectivity index (χ0v) is 13.0. The van der Waals surface area contributed by atoms with Crippen molar-refractivity contribution >= 4 is 28.7 Å². The number of benzene rings is 1. The van der Waals surface area contributed by atoms with Crippen molar-refractivity contribution in [1.82, 2.24) is 4.98 Å². The molecule has 0 saturated heterocycles. The molecule has 0 saturated carbocycles. The molecular formula is C18H16ClNO2. The van der Waals surface area contributed by atoms with Crippen LogP contribution in [0.15, 0.2) is 36.4 Å². The smallest absolute Gasteiger partial charge is 0.356 e. The van der Waals surface area contributed by atoms with E-state index in [2.05, 4.69) is 24.0 Å². The minimum Gasteiger partial charge on any atom is -0.476 e. The van der Waals surface area contributed by atoms with Crippen LogP contribution in [0.5, 0.6) is 0 Å². The minimum absolute atomic E-state index is 0.0808. The maximum Gasteiger partial charge on any atom is 0.356 e. The van der Waals surface area contributed by atoms with Gasteiger partial charge in [-0.2, -0.15) is 0 Å². The fourth-order valence-corrected chi connectivity index (χ4v) is 3.18. The Kier molecular flexibility index (Phi) is 3.99. The Morgan fingerprint density at radius 2 is 1.86 bits per heavy atom. The van der Waals surface area contributed by atoms with Gasteiger partial charge in [-0.15, -0.1) is 0 Å². The second kappa shape index (κ2) is 5.93. The first kappa shape index (κ1) is 14.8. The van der Waals surface area contributed by atoms with Gasteiger partial charge in [-0.3, -0.25) is 0 Å². The molecule has 0 aliphatic heterocycles. The zero-order chi connectivity index (χ0) is 15.7. The molecule has 3 rings (SSSR count). The number of aromatic nitrogens is 1. The predicted octanol–water partition coefficient (Wildman–Crippen LogP) is 4.84. The number of hydrogen-bond acceptors (Lipinski definition) is 2. The lowest BCUT2D eigenvalue weighted by atomic mass is 9.96. The normalized spacial score (nSPS) is 14.5. The lowest BCUT2D eigenvalue weighted by molar-refractivity contribution is 0.0690. The Bertz CT molecular complexity index is 780. The van der Waals surface area contributed by atoms with Gasteiger partial charge >= 0.3 is 5.97 Å². The largest absolute Gasteiger partial charge is 0.476 e. The molecule has 4 heteroatoms. The Hall–Kier alpha value is -2.13. The van der Waals surface area contributed by atoms with Crippen LogP contribution in [-0.4, -0.2) is 16.1 Å². The summed E-state index contributed by atoms with van der Waals surface area (Å²) in [4.78, 5) is 15.5. The van der Waals surface area contributed by atoms with Crippen LogP contribution < -0.4 is 0 Å². The van der Waals surface area contributed by atoms with E-state index in [0.29, 0.717) is 0 Å². The van der Waals surface area contributed by atoms with Gasteiger partial charge in [0.15, 0.2) is 5.69 Å². The molecule has 2 aromatic rings. The van der Waals surface area contributed by atoms with Gasteiger partial charge in [-0.05, 0) is 60.6 Å². The standard InChI is InChI=1S/C18H16ClNO2/c1-11-5-2-3-6-12(11)13-7-4-8-14(13)16-10-9-15(19)17(20-16)18(21)22/h2-3,5-6,9-10H,4,7-8H2,1H3,(H,21,22). The minimum atomic E-state index is -1.09. The van der Waals surface area contributed by atoms with Gasteiger partial charge in [0, 0.05) is 0 Å². The van der Waals surface area contributed by atoms with Crippen LogP contribution in [0.2, 0.25) is 5.02 Å². The summed E-state index contributed by atoms with van der Waals surface area (Å²) in [5.74, 6) is -1.09. The number of aryl methyl sites for hydroxylation is 1. The number of hydrogen-bond donors (Lipinski definition) is 1. The van der Waals surface area contributed by atoms with Gasteiger partial charge in [-0.25, -0.2) is 9.78 Å². The molecule has 1 aromatic carbocycles. The monoisotopic (exact) mass is 313 g/mol. The third kappa shape index (κ3) is 2.64. The number of carboxylic acid groups (broad SMARTS) is 1. The van der Waals surface area contributed by atoms with Crippen LogP contribution in [0.25, 0.3) is 11.1 Å². The molecule has 0 atom stereocenters. The molecule has 0 bridgehead atoms. The topological polar surface area (TPSA) is 50.2 Å². The van der Waals surface area contributed by atoms with Crippen molar-refractivity contribution in [3.8, 4) is 0 Å². The van der Waals surface area contributed by atoms with Gasteiger partial charge in [-0.1, -0.05) is 35.9 Å². The molecule has 1 aliphatic carbocycles. The van der Waals surface area contributed by atoms with Crippen molar-refractivity contribution in [3.05, 3.63) is 63.9 Å². The average molecular weight is 314 g/mol. The van der Waals surface area contributed by atoms with E-state index in [1.165, 1.54) is 16.7 Å². The molecule has 1 aliphatic rings. The van der Waals surface area contributed by atoms with E-state index in [9.17, 15) is 9.90 Å². The van der Waals surface area contributed by atoms with Crippen molar-refractivity contribution in [2.24, 2.45) is 0 Å². The van der Waals surface area contributed by atoms with Gasteiger partial charge in [0.2, 0.25) is 0 Å². The number of rotatable bonds is 3. The van der Waals surface area contributed by atoms with Crippen LogP contribution in [0, 0.1) is 6.92 Å². The summed E-state index contributed by atoms with van der Waals surface area (Å²) in [6.07, 6.45) is 2.97. The Morgan fingerprint density at radius 1 is 1.14 bits per heavy atom. The van der Waals surface area contributed by atoms with Crippen LogP contribution in [-0.2, 0) is 0 Å². The van der Waals surface area contributed by atoms with E-state index < -0.39 is 5.97 Å². The Morgan fingerprint density at radius 3 is 2.59 bits per heavy atom. The summed E-state index contributed by atoms with van der Waals surface area (Å²) in [5, 5.41) is 9.37. The third-order valence-electron chi connectivity index (χ3n) is 4.05. The fraction of sp³-hybridized carbons (Fsp3) is 0.222. The van der Waals surface area contributed by atoms with E-state index in [1.807, 2.05) is 18.2 Å². The maximum absolute atomic E-state index is 11.2. The molecule has 0 unspecified atom stereocenters. The first-order chi connectivity index (χ1) is 10.6. The second-order valence-electron chi connectivity index (χ2n) is 5.46. The molecule has 0 fully saturated rings. The molecule has 112 valence electrons. The van der Waals surface area contributed by atoms with E-state index in [4.69, 9.17) is 11.6 Å². The van der Waals surface area contributed by atoms with E-state index in [0.717, 1.165) is 30.5 Å². The van der Waals surface area contributed by atoms with Crippen LogP contribution in [0.1, 0.15) is 46.6 Å². The Labute approximate surface area is 134 Å². The second-order valence-corrected chi connectivity index (χ2v) is 5.86. The first-order valence-corrected chi connectivity index (χ1v) is 7.64. The number of pyridine rings is 1. The third-order valence-corrected chi connectivity index (χ3v) is 4.35. The quantitative estimate of drug-likeness (QED) is 0.882. The molecule has 0 radical (unpaired) electrons. The molecule has 1 N–H and O–H groups in total. The summed E-state index contributed by atoms with van der Waals surface area (Å²) in [5.41, 5.74) is 5.49. The SMILES string of the molecule is Cc1ccccc1C1=C(c2ccc(Cl)c(C(=O)O)n2)CCC1. The number of allylic oxidation sites excluding steroid dienone is 2. The zero-order valence-electron chi connectivity index (χ0n) is 12.3. The van der Waals surface area contributed by atoms with Gasteiger partial charge in [0.1, 0.15) is 0 Å². The van der Waals surface area contributed by atoms with Gasteiger partial charge in [0.05, 0.1) is 10.7 Å². The van der Waals surface area contributed by atoms with E-state index in [1.54, 1.807) is 6.07 Å². The summed E-state index contributed by atoms with van der Waals surface area (Å²) in [6.45, 7) is 2.09. The van der Waals surface area contributed by atoms with Crippen molar-refractivity contribution in [2.75, 3.05) is 0 Å².